The molecule has 1 fully saturated rings. The van der Waals surface area contributed by atoms with Crippen LogP contribution in [-0.4, -0.2) is 35.1 Å². The zero-order valence-corrected chi connectivity index (χ0v) is 17.1. The van der Waals surface area contributed by atoms with Gasteiger partial charge in [-0.2, -0.15) is 0 Å². The van der Waals surface area contributed by atoms with Crippen LogP contribution in [-0.2, 0) is 10.2 Å². The summed E-state index contributed by atoms with van der Waals surface area (Å²) in [5, 5.41) is 4.63. The molecule has 0 bridgehead atoms. The number of halogens is 3. The highest BCUT2D eigenvalue weighted by molar-refractivity contribution is 6.68. The van der Waals surface area contributed by atoms with E-state index >= 15 is 0 Å². The first-order chi connectivity index (χ1) is 11.6. The average Bonchev–Trinajstić information content (AvgIpc) is 3.02. The van der Waals surface area contributed by atoms with E-state index in [-0.39, 0.29) is 17.4 Å². The minimum atomic E-state index is -1.61. The molecule has 1 saturated heterocycles. The Balaban J connectivity index is 2.00. The van der Waals surface area contributed by atoms with Gasteiger partial charge >= 0.3 is 0 Å². The number of benzene rings is 1. The van der Waals surface area contributed by atoms with Gasteiger partial charge in [-0.1, -0.05) is 67.7 Å². The number of carbonyl (C=O) groups excluding carboxylic acids is 1. The van der Waals surface area contributed by atoms with E-state index in [9.17, 15) is 4.79 Å². The SMILES string of the molecule is CC(C)(C)c1ccc(C(=O)N[C@@H]([NH2+]C[C@H]2CCCO2)C(Cl)(Cl)Cl)cc1. The molecule has 1 aliphatic rings. The maximum absolute atomic E-state index is 12.5. The lowest BCUT2D eigenvalue weighted by Gasteiger charge is -2.24. The molecule has 1 aromatic rings. The molecule has 140 valence electrons. The lowest BCUT2D eigenvalue weighted by molar-refractivity contribution is -0.697. The first kappa shape index (κ1) is 20.8. The summed E-state index contributed by atoms with van der Waals surface area (Å²) in [7, 11) is 0. The van der Waals surface area contributed by atoms with Gasteiger partial charge in [0.15, 0.2) is 0 Å². The fourth-order valence-corrected chi connectivity index (χ4v) is 3.17. The molecule has 0 saturated carbocycles. The number of nitrogens with two attached hydrogens (primary N) is 1. The van der Waals surface area contributed by atoms with Gasteiger partial charge in [-0.05, 0) is 36.0 Å². The Morgan fingerprint density at radius 1 is 1.28 bits per heavy atom. The van der Waals surface area contributed by atoms with Gasteiger partial charge in [0, 0.05) is 12.2 Å². The molecule has 2 atom stereocenters. The topological polar surface area (TPSA) is 54.9 Å². The predicted octanol–water partition coefficient (Wildman–Crippen LogP) is 3.15. The zero-order chi connectivity index (χ0) is 18.7. The Kier molecular flexibility index (Phi) is 7.02. The summed E-state index contributed by atoms with van der Waals surface area (Å²) in [5.41, 5.74) is 1.73. The van der Waals surface area contributed by atoms with Crippen molar-refractivity contribution >= 4 is 40.7 Å². The molecule has 25 heavy (non-hydrogen) atoms. The fourth-order valence-electron chi connectivity index (χ4n) is 2.74. The van der Waals surface area contributed by atoms with Gasteiger partial charge in [0.2, 0.25) is 6.17 Å². The highest BCUT2D eigenvalue weighted by atomic mass is 35.6. The molecule has 0 aliphatic carbocycles. The molecule has 1 aliphatic heterocycles. The maximum Gasteiger partial charge on any atom is 0.262 e. The van der Waals surface area contributed by atoms with Crippen molar-refractivity contribution in [2.24, 2.45) is 0 Å². The summed E-state index contributed by atoms with van der Waals surface area (Å²) < 4.78 is 3.97. The van der Waals surface area contributed by atoms with Gasteiger partial charge < -0.3 is 10.1 Å². The number of hydrogen-bond donors (Lipinski definition) is 2. The smallest absolute Gasteiger partial charge is 0.262 e. The summed E-state index contributed by atoms with van der Waals surface area (Å²) in [5.74, 6) is -0.264. The molecule has 0 aromatic heterocycles. The van der Waals surface area contributed by atoms with Gasteiger partial charge in [0.1, 0.15) is 12.6 Å². The van der Waals surface area contributed by atoms with Crippen molar-refractivity contribution in [3.05, 3.63) is 35.4 Å². The molecule has 2 rings (SSSR count). The molecule has 1 amide bonds. The predicted molar refractivity (Wildman–Crippen MR) is 102 cm³/mol. The van der Waals surface area contributed by atoms with E-state index in [1.54, 1.807) is 12.1 Å². The van der Waals surface area contributed by atoms with Crippen LogP contribution in [0.1, 0.15) is 49.5 Å². The van der Waals surface area contributed by atoms with Crippen LogP contribution in [0.5, 0.6) is 0 Å². The number of rotatable bonds is 5. The molecule has 0 spiro atoms. The minimum Gasteiger partial charge on any atom is -0.372 e. The van der Waals surface area contributed by atoms with Crippen molar-refractivity contribution in [3.8, 4) is 0 Å². The molecule has 1 aromatic carbocycles. The third-order valence-corrected chi connectivity index (χ3v) is 5.02. The third kappa shape index (κ3) is 6.30. The summed E-state index contributed by atoms with van der Waals surface area (Å²) in [6.45, 7) is 7.79. The highest BCUT2D eigenvalue weighted by Gasteiger charge is 2.38. The second-order valence-corrected chi connectivity index (χ2v) is 9.80. The summed E-state index contributed by atoms with van der Waals surface area (Å²) in [6, 6.07) is 7.50. The van der Waals surface area contributed by atoms with E-state index in [0.717, 1.165) is 25.0 Å². The molecule has 0 unspecified atom stereocenters. The third-order valence-electron chi connectivity index (χ3n) is 4.31. The van der Waals surface area contributed by atoms with Crippen LogP contribution in [0.25, 0.3) is 0 Å². The molecule has 0 radical (unpaired) electrons. The number of nitrogens with one attached hydrogen (secondary N) is 1. The number of hydrogen-bond acceptors (Lipinski definition) is 2. The average molecular weight is 409 g/mol. The lowest BCUT2D eigenvalue weighted by atomic mass is 9.87. The first-order valence-electron chi connectivity index (χ1n) is 8.50. The van der Waals surface area contributed by atoms with Crippen molar-refractivity contribution in [1.29, 1.82) is 0 Å². The normalized spacial score (nSPS) is 19.7. The van der Waals surface area contributed by atoms with E-state index in [1.807, 2.05) is 17.4 Å². The minimum absolute atomic E-state index is 0.0319. The van der Waals surface area contributed by atoms with Crippen LogP contribution >= 0.6 is 34.8 Å². The second kappa shape index (κ2) is 8.45. The van der Waals surface area contributed by atoms with Gasteiger partial charge in [-0.25, -0.2) is 0 Å². The molecular weight excluding hydrogens is 383 g/mol. The van der Waals surface area contributed by atoms with E-state index < -0.39 is 9.96 Å². The van der Waals surface area contributed by atoms with Crippen LogP contribution in [0.15, 0.2) is 24.3 Å². The number of ether oxygens (including phenoxy) is 1. The quantitative estimate of drug-likeness (QED) is 0.581. The Bertz CT molecular complexity index is 573. The fraction of sp³-hybridized carbons (Fsp3) is 0.611. The number of alkyl halides is 3. The van der Waals surface area contributed by atoms with E-state index in [2.05, 4.69) is 26.1 Å². The first-order valence-corrected chi connectivity index (χ1v) is 9.64. The van der Waals surface area contributed by atoms with Crippen LogP contribution in [0, 0.1) is 0 Å². The van der Waals surface area contributed by atoms with Crippen molar-refractivity contribution in [3.63, 3.8) is 0 Å². The Hall–Kier alpha value is -0.520. The van der Waals surface area contributed by atoms with Crippen LogP contribution in [0.4, 0.5) is 0 Å². The molecular formula is C18H26Cl3N2O2+. The number of carbonyl (C=O) groups is 1. The van der Waals surface area contributed by atoms with Gasteiger partial charge in [0.25, 0.3) is 9.70 Å². The largest absolute Gasteiger partial charge is 0.372 e. The van der Waals surface area contributed by atoms with Crippen LogP contribution in [0.3, 0.4) is 0 Å². The molecule has 3 N–H and O–H groups in total. The van der Waals surface area contributed by atoms with E-state index in [1.165, 1.54) is 0 Å². The number of amides is 1. The highest BCUT2D eigenvalue weighted by Crippen LogP contribution is 2.28. The molecule has 1 heterocycles. The Morgan fingerprint density at radius 2 is 1.92 bits per heavy atom. The van der Waals surface area contributed by atoms with Crippen LogP contribution < -0.4 is 10.6 Å². The zero-order valence-electron chi connectivity index (χ0n) is 14.8. The van der Waals surface area contributed by atoms with Crippen molar-refractivity contribution < 1.29 is 14.8 Å². The summed E-state index contributed by atoms with van der Waals surface area (Å²) in [6.07, 6.45) is 1.49. The monoisotopic (exact) mass is 407 g/mol. The summed E-state index contributed by atoms with van der Waals surface area (Å²) in [4.78, 5) is 12.5. The van der Waals surface area contributed by atoms with Gasteiger partial charge in [-0.15, -0.1) is 0 Å². The lowest BCUT2D eigenvalue weighted by Crippen LogP contribution is -2.97. The standard InChI is InChI=1S/C18H25Cl3N2O2/c1-17(2,3)13-8-6-12(7-9-13)15(24)23-16(18(19,20)21)22-11-14-5-4-10-25-14/h6-9,14,16,22H,4-5,10-11H2,1-3H3,(H,23,24)/p+1/t14-,16-/m1/s1. The van der Waals surface area contributed by atoms with Crippen LogP contribution in [0.2, 0.25) is 0 Å². The summed E-state index contributed by atoms with van der Waals surface area (Å²) >= 11 is 18.1. The Labute approximate surface area is 164 Å². The maximum atomic E-state index is 12.5. The van der Waals surface area contributed by atoms with E-state index in [4.69, 9.17) is 39.5 Å². The molecule has 7 heteroatoms. The van der Waals surface area contributed by atoms with Crippen molar-refractivity contribution in [1.82, 2.24) is 5.32 Å². The van der Waals surface area contributed by atoms with Gasteiger partial charge in [-0.3, -0.25) is 10.1 Å². The van der Waals surface area contributed by atoms with Crippen molar-refractivity contribution in [2.75, 3.05) is 13.2 Å². The molecule has 4 nitrogen and oxygen atoms in total. The second-order valence-electron chi connectivity index (χ2n) is 7.43. The Morgan fingerprint density at radius 3 is 2.40 bits per heavy atom. The van der Waals surface area contributed by atoms with Gasteiger partial charge in [0.05, 0.1) is 0 Å². The van der Waals surface area contributed by atoms with E-state index in [0.29, 0.717) is 12.1 Å². The number of quaternary nitrogens is 1. The van der Waals surface area contributed by atoms with Crippen molar-refractivity contribution in [2.45, 2.75) is 55.1 Å².